The lowest BCUT2D eigenvalue weighted by Crippen LogP contribution is -2.50. The number of amides is 1. The van der Waals surface area contributed by atoms with Gasteiger partial charge in [0.25, 0.3) is 0 Å². The van der Waals surface area contributed by atoms with E-state index in [0.717, 1.165) is 5.56 Å². The first-order valence-electron chi connectivity index (χ1n) is 8.24. The summed E-state index contributed by atoms with van der Waals surface area (Å²) in [6.45, 7) is 4.19. The molecule has 2 rings (SSSR count). The van der Waals surface area contributed by atoms with Crippen LogP contribution in [-0.2, 0) is 14.8 Å². The van der Waals surface area contributed by atoms with Crippen LogP contribution in [0.2, 0.25) is 0 Å². The van der Waals surface area contributed by atoms with Gasteiger partial charge >= 0.3 is 0 Å². The molecule has 1 aromatic carbocycles. The van der Waals surface area contributed by atoms with Crippen LogP contribution in [0.5, 0.6) is 5.75 Å². The monoisotopic (exact) mass is 365 g/mol. The van der Waals surface area contributed by atoms with Gasteiger partial charge in [0, 0.05) is 6.04 Å². The molecule has 0 unspecified atom stereocenters. The number of nitrogens with one attached hydrogen (secondary N) is 2. The Kier molecular flexibility index (Phi) is 6.03. The predicted molar refractivity (Wildman–Crippen MR) is 92.5 cm³/mol. The van der Waals surface area contributed by atoms with Gasteiger partial charge in [-0.3, -0.25) is 4.79 Å². The molecule has 0 aliphatic heterocycles. The Morgan fingerprint density at radius 1 is 1.40 bits per heavy atom. The summed E-state index contributed by atoms with van der Waals surface area (Å²) in [4.78, 5) is 10.8. The number of benzene rings is 1. The molecular weight excluding hydrogens is 342 g/mol. The molecule has 25 heavy (non-hydrogen) atoms. The predicted octanol–water partition coefficient (Wildman–Crippen LogP) is 1.62. The molecule has 1 saturated carbocycles. The second kappa shape index (κ2) is 7.85. The van der Waals surface area contributed by atoms with Gasteiger partial charge in [-0.05, 0) is 63.3 Å². The van der Waals surface area contributed by atoms with Crippen LogP contribution in [0.3, 0.4) is 0 Å². The summed E-state index contributed by atoms with van der Waals surface area (Å²) < 4.78 is 33.3. The van der Waals surface area contributed by atoms with Crippen molar-refractivity contribution >= 4 is 16.4 Å². The van der Waals surface area contributed by atoms with Crippen molar-refractivity contribution in [3.05, 3.63) is 23.8 Å². The summed E-state index contributed by atoms with van der Waals surface area (Å²) in [7, 11) is -3.65. The standard InChI is InChI=1S/C17H23N3O4S/c1-3-24-16-5-4-15(10-13(16)2)25(22,23)20-14-6-8-17(11-18,9-7-14)19-12-21/h4-5,10,12,14,20H,3,6-9H2,1-2H3,(H,19,21). The van der Waals surface area contributed by atoms with E-state index >= 15 is 0 Å². The van der Waals surface area contributed by atoms with E-state index in [0.29, 0.717) is 44.4 Å². The summed E-state index contributed by atoms with van der Waals surface area (Å²) in [5.41, 5.74) is -0.133. The van der Waals surface area contributed by atoms with Crippen LogP contribution in [0.4, 0.5) is 0 Å². The summed E-state index contributed by atoms with van der Waals surface area (Å²) in [5, 5.41) is 11.8. The van der Waals surface area contributed by atoms with Crippen molar-refractivity contribution in [2.45, 2.75) is 56.0 Å². The first-order chi connectivity index (χ1) is 11.9. The second-order valence-corrected chi connectivity index (χ2v) is 7.93. The van der Waals surface area contributed by atoms with E-state index in [9.17, 15) is 18.5 Å². The molecule has 0 aromatic heterocycles. The number of carbonyl (C=O) groups excluding carboxylic acids is 1. The zero-order chi connectivity index (χ0) is 18.5. The van der Waals surface area contributed by atoms with E-state index < -0.39 is 15.6 Å². The van der Waals surface area contributed by atoms with E-state index in [-0.39, 0.29) is 10.9 Å². The van der Waals surface area contributed by atoms with Gasteiger partial charge in [0.15, 0.2) is 0 Å². The topological polar surface area (TPSA) is 108 Å². The zero-order valence-electron chi connectivity index (χ0n) is 14.4. The molecule has 0 radical (unpaired) electrons. The highest BCUT2D eigenvalue weighted by molar-refractivity contribution is 7.89. The van der Waals surface area contributed by atoms with Gasteiger partial charge in [-0.1, -0.05) is 0 Å². The maximum Gasteiger partial charge on any atom is 0.240 e. The molecule has 0 heterocycles. The quantitative estimate of drug-likeness (QED) is 0.714. The van der Waals surface area contributed by atoms with Crippen molar-refractivity contribution in [2.75, 3.05) is 6.61 Å². The largest absolute Gasteiger partial charge is 0.494 e. The van der Waals surface area contributed by atoms with Crippen molar-refractivity contribution in [1.29, 1.82) is 5.26 Å². The van der Waals surface area contributed by atoms with Crippen molar-refractivity contribution in [2.24, 2.45) is 0 Å². The van der Waals surface area contributed by atoms with E-state index in [1.807, 2.05) is 6.92 Å². The van der Waals surface area contributed by atoms with Crippen molar-refractivity contribution < 1.29 is 17.9 Å². The van der Waals surface area contributed by atoms with Gasteiger partial charge in [-0.15, -0.1) is 0 Å². The second-order valence-electron chi connectivity index (χ2n) is 6.21. The summed E-state index contributed by atoms with van der Waals surface area (Å²) >= 11 is 0. The Balaban J connectivity index is 2.06. The normalized spacial score (nSPS) is 23.5. The van der Waals surface area contributed by atoms with Gasteiger partial charge in [0.05, 0.1) is 17.6 Å². The average molecular weight is 365 g/mol. The lowest BCUT2D eigenvalue weighted by Gasteiger charge is -2.34. The molecule has 1 aromatic rings. The number of nitrogens with zero attached hydrogens (tertiary/aromatic N) is 1. The Hall–Kier alpha value is -2.11. The molecule has 1 aliphatic carbocycles. The van der Waals surface area contributed by atoms with Gasteiger partial charge in [-0.2, -0.15) is 5.26 Å². The van der Waals surface area contributed by atoms with Crippen LogP contribution >= 0.6 is 0 Å². The number of nitriles is 1. The number of hydrogen-bond donors (Lipinski definition) is 2. The van der Waals surface area contributed by atoms with Crippen molar-refractivity contribution in [3.8, 4) is 11.8 Å². The van der Waals surface area contributed by atoms with Crippen LogP contribution in [0.1, 0.15) is 38.2 Å². The highest BCUT2D eigenvalue weighted by Crippen LogP contribution is 2.29. The minimum absolute atomic E-state index is 0.191. The minimum Gasteiger partial charge on any atom is -0.494 e. The molecule has 1 aliphatic rings. The Morgan fingerprint density at radius 2 is 2.08 bits per heavy atom. The highest BCUT2D eigenvalue weighted by atomic mass is 32.2. The number of rotatable bonds is 7. The third-order valence-corrected chi connectivity index (χ3v) is 5.98. The fourth-order valence-electron chi connectivity index (χ4n) is 3.02. The molecule has 1 amide bonds. The van der Waals surface area contributed by atoms with E-state index in [1.165, 1.54) is 6.07 Å². The lowest BCUT2D eigenvalue weighted by molar-refractivity contribution is -0.111. The minimum atomic E-state index is -3.65. The Morgan fingerprint density at radius 3 is 2.60 bits per heavy atom. The molecule has 0 spiro atoms. The fourth-order valence-corrected chi connectivity index (χ4v) is 4.41. The summed E-state index contributed by atoms with van der Waals surface area (Å²) in [6.07, 6.45) is 2.33. The maximum absolute atomic E-state index is 12.6. The molecular formula is C17H23N3O4S. The molecule has 2 N–H and O–H groups in total. The summed E-state index contributed by atoms with van der Waals surface area (Å²) in [5.74, 6) is 0.665. The number of carbonyl (C=O) groups is 1. The Bertz CT molecular complexity index is 763. The molecule has 0 bridgehead atoms. The number of aryl methyl sites for hydroxylation is 1. The molecule has 7 nitrogen and oxygen atoms in total. The first-order valence-corrected chi connectivity index (χ1v) is 9.72. The lowest BCUT2D eigenvalue weighted by atomic mass is 9.81. The van der Waals surface area contributed by atoms with Gasteiger partial charge < -0.3 is 10.1 Å². The van der Waals surface area contributed by atoms with Crippen LogP contribution in [-0.4, -0.2) is 33.0 Å². The number of sulfonamides is 1. The van der Waals surface area contributed by atoms with Crippen molar-refractivity contribution in [3.63, 3.8) is 0 Å². The van der Waals surface area contributed by atoms with Gasteiger partial charge in [-0.25, -0.2) is 13.1 Å². The molecule has 1 fully saturated rings. The average Bonchev–Trinajstić information content (AvgIpc) is 2.59. The van der Waals surface area contributed by atoms with Crippen LogP contribution < -0.4 is 14.8 Å². The molecule has 0 saturated heterocycles. The molecule has 136 valence electrons. The highest BCUT2D eigenvalue weighted by Gasteiger charge is 2.36. The SMILES string of the molecule is CCOc1ccc(S(=O)(=O)NC2CCC(C#N)(NC=O)CC2)cc1C. The van der Waals surface area contributed by atoms with Crippen LogP contribution in [0, 0.1) is 18.3 Å². The van der Waals surface area contributed by atoms with E-state index in [4.69, 9.17) is 4.74 Å². The maximum atomic E-state index is 12.6. The van der Waals surface area contributed by atoms with E-state index in [2.05, 4.69) is 16.1 Å². The summed E-state index contributed by atoms with van der Waals surface area (Å²) in [6, 6.07) is 6.64. The fraction of sp³-hybridized carbons (Fsp3) is 0.529. The van der Waals surface area contributed by atoms with Gasteiger partial charge in [0.2, 0.25) is 16.4 Å². The third-order valence-electron chi connectivity index (χ3n) is 4.47. The third kappa shape index (κ3) is 4.50. The van der Waals surface area contributed by atoms with Crippen LogP contribution in [0.15, 0.2) is 23.1 Å². The Labute approximate surface area is 148 Å². The van der Waals surface area contributed by atoms with Crippen LogP contribution in [0.25, 0.3) is 0 Å². The van der Waals surface area contributed by atoms with Gasteiger partial charge in [0.1, 0.15) is 11.3 Å². The van der Waals surface area contributed by atoms with E-state index in [1.54, 1.807) is 19.1 Å². The van der Waals surface area contributed by atoms with Crippen molar-refractivity contribution in [1.82, 2.24) is 10.0 Å². The molecule has 8 heteroatoms. The molecule has 0 atom stereocenters. The number of ether oxygens (including phenoxy) is 1. The zero-order valence-corrected chi connectivity index (χ0v) is 15.2. The smallest absolute Gasteiger partial charge is 0.240 e. The number of hydrogen-bond acceptors (Lipinski definition) is 5. The first kappa shape index (κ1) is 19.2.